The van der Waals surface area contributed by atoms with Crippen molar-refractivity contribution in [3.63, 3.8) is 0 Å². The Labute approximate surface area is 113 Å². The van der Waals surface area contributed by atoms with Crippen LogP contribution in [0.2, 0.25) is 0 Å². The van der Waals surface area contributed by atoms with Gasteiger partial charge in [-0.05, 0) is 30.6 Å². The Hall–Kier alpha value is -0.310. The minimum absolute atomic E-state index is 0.0929. The Morgan fingerprint density at radius 2 is 2.06 bits per heavy atom. The van der Waals surface area contributed by atoms with Gasteiger partial charge in [-0.25, -0.2) is 4.39 Å². The van der Waals surface area contributed by atoms with Crippen LogP contribution in [0, 0.1) is 17.8 Å². The fourth-order valence-corrected chi connectivity index (χ4v) is 3.08. The van der Waals surface area contributed by atoms with E-state index in [4.69, 9.17) is 16.3 Å². The third-order valence-corrected chi connectivity index (χ3v) is 4.92. The molecule has 0 heterocycles. The van der Waals surface area contributed by atoms with Crippen molar-refractivity contribution < 1.29 is 13.9 Å². The van der Waals surface area contributed by atoms with Crippen LogP contribution in [-0.4, -0.2) is 23.1 Å². The van der Waals surface area contributed by atoms with E-state index < -0.39 is 17.0 Å². The van der Waals surface area contributed by atoms with E-state index in [1.807, 2.05) is 0 Å². The summed E-state index contributed by atoms with van der Waals surface area (Å²) in [6.45, 7) is 6.46. The van der Waals surface area contributed by atoms with Crippen molar-refractivity contribution in [1.82, 2.24) is 0 Å². The van der Waals surface area contributed by atoms with Gasteiger partial charge in [-0.15, -0.1) is 11.6 Å². The summed E-state index contributed by atoms with van der Waals surface area (Å²) in [6.07, 6.45) is 1.90. The molecule has 4 heteroatoms. The summed E-state index contributed by atoms with van der Waals surface area (Å²) in [5.74, 6) is 0.857. The minimum Gasteiger partial charge on any atom is -0.461 e. The van der Waals surface area contributed by atoms with Crippen LogP contribution in [0.15, 0.2) is 0 Å². The minimum atomic E-state index is -1.37. The van der Waals surface area contributed by atoms with Gasteiger partial charge in [0.1, 0.15) is 12.3 Å². The van der Waals surface area contributed by atoms with E-state index in [2.05, 4.69) is 20.8 Å². The van der Waals surface area contributed by atoms with Gasteiger partial charge >= 0.3 is 5.97 Å². The van der Waals surface area contributed by atoms with Crippen molar-refractivity contribution in [2.75, 3.05) is 0 Å². The van der Waals surface area contributed by atoms with Gasteiger partial charge < -0.3 is 4.74 Å². The van der Waals surface area contributed by atoms with E-state index in [9.17, 15) is 9.18 Å². The maximum atomic E-state index is 13.1. The number of carbonyl (C=O) groups excluding carboxylic acids is 1. The van der Waals surface area contributed by atoms with E-state index >= 15 is 0 Å². The summed E-state index contributed by atoms with van der Waals surface area (Å²) < 4.78 is 18.6. The zero-order valence-corrected chi connectivity index (χ0v) is 12.0. The van der Waals surface area contributed by atoms with Gasteiger partial charge in [0.15, 0.2) is 4.87 Å². The van der Waals surface area contributed by atoms with E-state index in [0.717, 1.165) is 12.8 Å². The molecule has 0 aromatic heterocycles. The van der Waals surface area contributed by atoms with Crippen molar-refractivity contribution in [1.29, 1.82) is 0 Å². The van der Waals surface area contributed by atoms with Crippen molar-refractivity contribution in [2.45, 2.75) is 63.6 Å². The molecule has 5 unspecified atom stereocenters. The first kappa shape index (κ1) is 14.1. The molecule has 104 valence electrons. The average molecular weight is 277 g/mol. The molecule has 0 spiro atoms. The lowest BCUT2D eigenvalue weighted by atomic mass is 9.75. The van der Waals surface area contributed by atoms with Gasteiger partial charge in [0.05, 0.1) is 0 Å². The first-order chi connectivity index (χ1) is 8.34. The van der Waals surface area contributed by atoms with Crippen molar-refractivity contribution in [3.05, 3.63) is 0 Å². The maximum absolute atomic E-state index is 13.1. The summed E-state index contributed by atoms with van der Waals surface area (Å²) in [5, 5.41) is 0. The number of esters is 1. The molecular formula is C14H22ClFO2. The van der Waals surface area contributed by atoms with E-state index in [0.29, 0.717) is 17.8 Å². The van der Waals surface area contributed by atoms with Crippen LogP contribution in [0.5, 0.6) is 0 Å². The highest BCUT2D eigenvalue weighted by Gasteiger charge is 2.62. The highest BCUT2D eigenvalue weighted by atomic mass is 35.5. The van der Waals surface area contributed by atoms with Crippen LogP contribution in [-0.2, 0) is 9.53 Å². The Balaban J connectivity index is 1.98. The van der Waals surface area contributed by atoms with E-state index in [-0.39, 0.29) is 12.5 Å². The van der Waals surface area contributed by atoms with Crippen LogP contribution in [0.3, 0.4) is 0 Å². The molecular weight excluding hydrogens is 255 g/mol. The summed E-state index contributed by atoms with van der Waals surface area (Å²) in [6, 6.07) is 0. The Morgan fingerprint density at radius 3 is 2.56 bits per heavy atom. The molecule has 0 bridgehead atoms. The Kier molecular flexibility index (Phi) is 3.91. The average Bonchev–Trinajstić information content (AvgIpc) is 2.88. The van der Waals surface area contributed by atoms with Crippen molar-refractivity contribution in [3.8, 4) is 0 Å². The fourth-order valence-electron chi connectivity index (χ4n) is 2.90. The normalized spacial score (nSPS) is 43.9. The zero-order chi connectivity index (χ0) is 13.5. The topological polar surface area (TPSA) is 26.3 Å². The van der Waals surface area contributed by atoms with Crippen LogP contribution < -0.4 is 0 Å². The summed E-state index contributed by atoms with van der Waals surface area (Å²) in [5.41, 5.74) is 0. The number of ether oxygens (including phenoxy) is 1. The SMILES string of the molecule is CC1CCC(C(C)C)C(OC(=O)C2(Cl)CC2F)C1. The zero-order valence-electron chi connectivity index (χ0n) is 11.3. The molecule has 0 aromatic carbocycles. The van der Waals surface area contributed by atoms with E-state index in [1.165, 1.54) is 6.42 Å². The van der Waals surface area contributed by atoms with Crippen LogP contribution in [0.25, 0.3) is 0 Å². The van der Waals surface area contributed by atoms with Crippen LogP contribution in [0.1, 0.15) is 46.5 Å². The molecule has 18 heavy (non-hydrogen) atoms. The van der Waals surface area contributed by atoms with Crippen LogP contribution in [0.4, 0.5) is 4.39 Å². The molecule has 5 atom stereocenters. The monoisotopic (exact) mass is 276 g/mol. The van der Waals surface area contributed by atoms with Gasteiger partial charge in [0.25, 0.3) is 0 Å². The van der Waals surface area contributed by atoms with E-state index in [1.54, 1.807) is 0 Å². The quantitative estimate of drug-likeness (QED) is 0.580. The lowest BCUT2D eigenvalue weighted by molar-refractivity contribution is -0.156. The molecule has 0 N–H and O–H groups in total. The van der Waals surface area contributed by atoms with Crippen molar-refractivity contribution >= 4 is 17.6 Å². The van der Waals surface area contributed by atoms with Gasteiger partial charge in [0, 0.05) is 6.42 Å². The molecule has 0 aliphatic heterocycles. The first-order valence-electron chi connectivity index (χ1n) is 6.88. The van der Waals surface area contributed by atoms with Crippen LogP contribution >= 0.6 is 11.6 Å². The molecule has 2 rings (SSSR count). The second-order valence-corrected chi connectivity index (χ2v) is 6.98. The Bertz CT molecular complexity index is 334. The van der Waals surface area contributed by atoms with Gasteiger partial charge in [-0.3, -0.25) is 4.79 Å². The first-order valence-corrected chi connectivity index (χ1v) is 7.26. The number of rotatable bonds is 3. The maximum Gasteiger partial charge on any atom is 0.330 e. The Morgan fingerprint density at radius 1 is 1.44 bits per heavy atom. The standard InChI is InChI=1S/C14H22ClFO2/c1-8(2)10-5-4-9(3)6-11(10)18-13(17)14(15)7-12(14)16/h8-12H,4-7H2,1-3H3. The highest BCUT2D eigenvalue weighted by Crippen LogP contribution is 2.47. The number of hydrogen-bond donors (Lipinski definition) is 0. The van der Waals surface area contributed by atoms with Crippen molar-refractivity contribution in [2.24, 2.45) is 17.8 Å². The predicted molar refractivity (Wildman–Crippen MR) is 69.3 cm³/mol. The molecule has 2 fully saturated rings. The summed E-state index contributed by atoms with van der Waals surface area (Å²) >= 11 is 5.88. The third kappa shape index (κ3) is 2.66. The molecule has 2 aliphatic rings. The molecule has 0 saturated heterocycles. The lowest BCUT2D eigenvalue weighted by Gasteiger charge is -2.37. The third-order valence-electron chi connectivity index (χ3n) is 4.37. The number of hydrogen-bond acceptors (Lipinski definition) is 2. The number of alkyl halides is 2. The summed E-state index contributed by atoms with van der Waals surface area (Å²) in [4.78, 5) is 10.5. The second kappa shape index (κ2) is 4.99. The summed E-state index contributed by atoms with van der Waals surface area (Å²) in [7, 11) is 0. The molecule has 2 saturated carbocycles. The number of halogens is 2. The van der Waals surface area contributed by atoms with Gasteiger partial charge in [-0.2, -0.15) is 0 Å². The van der Waals surface area contributed by atoms with Gasteiger partial charge in [-0.1, -0.05) is 27.2 Å². The smallest absolute Gasteiger partial charge is 0.330 e. The predicted octanol–water partition coefficient (Wildman–Crippen LogP) is 3.71. The molecule has 2 aliphatic carbocycles. The highest BCUT2D eigenvalue weighted by molar-refractivity contribution is 6.37. The number of carbonyl (C=O) groups is 1. The molecule has 0 aromatic rings. The van der Waals surface area contributed by atoms with Gasteiger partial charge in [0.2, 0.25) is 0 Å². The molecule has 0 amide bonds. The molecule has 0 radical (unpaired) electrons. The second-order valence-electron chi connectivity index (χ2n) is 6.30. The largest absolute Gasteiger partial charge is 0.461 e. The fraction of sp³-hybridized carbons (Fsp3) is 0.929. The molecule has 2 nitrogen and oxygen atoms in total. The lowest BCUT2D eigenvalue weighted by Crippen LogP contribution is -2.38.